The van der Waals surface area contributed by atoms with E-state index in [1.807, 2.05) is 0 Å². The lowest BCUT2D eigenvalue weighted by Crippen LogP contribution is -2.30. The number of rotatable bonds is 6. The molecule has 136 valence electrons. The Morgan fingerprint density at radius 1 is 1.15 bits per heavy atom. The van der Waals surface area contributed by atoms with Crippen molar-refractivity contribution in [2.24, 2.45) is 0 Å². The van der Waals surface area contributed by atoms with Crippen LogP contribution in [0.5, 0.6) is 0 Å². The fourth-order valence-electron chi connectivity index (χ4n) is 2.02. The van der Waals surface area contributed by atoms with E-state index in [0.29, 0.717) is 21.3 Å². The number of ether oxygens (including phenoxy) is 1. The number of carbonyl (C=O) groups is 2. The van der Waals surface area contributed by atoms with Crippen molar-refractivity contribution >= 4 is 46.5 Å². The van der Waals surface area contributed by atoms with Crippen LogP contribution >= 0.6 is 23.2 Å². The van der Waals surface area contributed by atoms with Gasteiger partial charge in [-0.25, -0.2) is 0 Å². The molecule has 2 aromatic rings. The van der Waals surface area contributed by atoms with Gasteiger partial charge in [0.05, 0.1) is 21.4 Å². The highest BCUT2D eigenvalue weighted by atomic mass is 35.5. The number of hydrogen-bond donors (Lipinski definition) is 1. The number of nitrogens with one attached hydrogen (secondary N) is 1. The maximum absolute atomic E-state index is 12.1. The summed E-state index contributed by atoms with van der Waals surface area (Å²) >= 11 is 11.7. The Morgan fingerprint density at radius 2 is 1.81 bits per heavy atom. The van der Waals surface area contributed by atoms with Gasteiger partial charge in [-0.3, -0.25) is 19.7 Å². The Morgan fingerprint density at radius 3 is 2.38 bits per heavy atom. The van der Waals surface area contributed by atoms with Crippen molar-refractivity contribution in [2.75, 3.05) is 5.32 Å². The molecule has 2 rings (SSSR count). The third-order valence-electron chi connectivity index (χ3n) is 3.36. The van der Waals surface area contributed by atoms with E-state index >= 15 is 0 Å². The number of nitro benzene ring substituents is 1. The molecule has 9 heteroatoms. The molecule has 0 aromatic heterocycles. The summed E-state index contributed by atoms with van der Waals surface area (Å²) in [5.41, 5.74) is 0.865. The van der Waals surface area contributed by atoms with Crippen LogP contribution in [0.25, 0.3) is 0 Å². The first-order valence-corrected chi connectivity index (χ1v) is 8.20. The van der Waals surface area contributed by atoms with Crippen LogP contribution in [-0.2, 0) is 20.7 Å². The molecule has 0 aliphatic carbocycles. The molecule has 0 heterocycles. The van der Waals surface area contributed by atoms with Gasteiger partial charge in [0.2, 0.25) is 0 Å². The minimum absolute atomic E-state index is 0.0635. The molecule has 0 aliphatic rings. The van der Waals surface area contributed by atoms with E-state index in [1.165, 1.54) is 31.2 Å². The van der Waals surface area contributed by atoms with Crippen molar-refractivity contribution in [2.45, 2.75) is 19.4 Å². The molecule has 1 amide bonds. The van der Waals surface area contributed by atoms with Gasteiger partial charge in [0.1, 0.15) is 0 Å². The van der Waals surface area contributed by atoms with E-state index in [4.69, 9.17) is 27.9 Å². The van der Waals surface area contributed by atoms with Crippen LogP contribution in [0.15, 0.2) is 42.5 Å². The van der Waals surface area contributed by atoms with E-state index in [2.05, 4.69) is 5.32 Å². The van der Waals surface area contributed by atoms with Crippen LogP contribution in [0.1, 0.15) is 12.5 Å². The number of benzene rings is 2. The zero-order chi connectivity index (χ0) is 19.3. The lowest BCUT2D eigenvalue weighted by molar-refractivity contribution is -0.384. The lowest BCUT2D eigenvalue weighted by Gasteiger charge is -2.13. The van der Waals surface area contributed by atoms with E-state index in [-0.39, 0.29) is 12.1 Å². The SMILES string of the molecule is CC(OC(=O)Cc1ccc(Cl)c(Cl)c1)C(=O)Nc1ccc([N+](=O)[O-])cc1. The number of hydrogen-bond acceptors (Lipinski definition) is 5. The van der Waals surface area contributed by atoms with Crippen LogP contribution in [0.3, 0.4) is 0 Å². The molecule has 0 saturated heterocycles. The molecule has 0 saturated carbocycles. The molecule has 0 bridgehead atoms. The Hall–Kier alpha value is -2.64. The van der Waals surface area contributed by atoms with Crippen LogP contribution in [0.4, 0.5) is 11.4 Å². The highest BCUT2D eigenvalue weighted by Crippen LogP contribution is 2.23. The fourth-order valence-corrected chi connectivity index (χ4v) is 2.34. The molecule has 1 unspecified atom stereocenters. The van der Waals surface area contributed by atoms with Crippen molar-refractivity contribution in [1.82, 2.24) is 0 Å². The largest absolute Gasteiger partial charge is 0.452 e. The summed E-state index contributed by atoms with van der Waals surface area (Å²) in [6, 6.07) is 10.1. The second kappa shape index (κ2) is 8.64. The van der Waals surface area contributed by atoms with Crippen molar-refractivity contribution < 1.29 is 19.2 Å². The molecule has 26 heavy (non-hydrogen) atoms. The van der Waals surface area contributed by atoms with Crippen molar-refractivity contribution in [3.63, 3.8) is 0 Å². The Balaban J connectivity index is 1.90. The number of amides is 1. The van der Waals surface area contributed by atoms with Gasteiger partial charge in [-0.05, 0) is 36.8 Å². The summed E-state index contributed by atoms with van der Waals surface area (Å²) in [6.45, 7) is 1.42. The number of nitro groups is 1. The molecule has 2 aromatic carbocycles. The fraction of sp³-hybridized carbons (Fsp3) is 0.176. The van der Waals surface area contributed by atoms with Crippen molar-refractivity contribution in [1.29, 1.82) is 0 Å². The molecule has 1 atom stereocenters. The van der Waals surface area contributed by atoms with Crippen LogP contribution in [-0.4, -0.2) is 22.9 Å². The topological polar surface area (TPSA) is 98.5 Å². The summed E-state index contributed by atoms with van der Waals surface area (Å²) in [4.78, 5) is 34.1. The van der Waals surface area contributed by atoms with E-state index in [1.54, 1.807) is 18.2 Å². The maximum atomic E-state index is 12.1. The summed E-state index contributed by atoms with van der Waals surface area (Å²) in [5.74, 6) is -1.16. The highest BCUT2D eigenvalue weighted by Gasteiger charge is 2.18. The van der Waals surface area contributed by atoms with E-state index < -0.39 is 22.9 Å². The monoisotopic (exact) mass is 396 g/mol. The van der Waals surface area contributed by atoms with Gasteiger partial charge < -0.3 is 10.1 Å². The minimum Gasteiger partial charge on any atom is -0.452 e. The standard InChI is InChI=1S/C17H14Cl2N2O5/c1-10(17(23)20-12-3-5-13(6-4-12)21(24)25)26-16(22)9-11-2-7-14(18)15(19)8-11/h2-8,10H,9H2,1H3,(H,20,23). The van der Waals surface area contributed by atoms with Gasteiger partial charge in [-0.2, -0.15) is 0 Å². The van der Waals surface area contributed by atoms with Crippen molar-refractivity contribution in [3.05, 3.63) is 68.2 Å². The average molecular weight is 397 g/mol. The molecule has 1 N–H and O–H groups in total. The molecule has 0 aliphatic heterocycles. The van der Waals surface area contributed by atoms with Gasteiger partial charge >= 0.3 is 5.97 Å². The Bertz CT molecular complexity index is 840. The summed E-state index contributed by atoms with van der Waals surface area (Å²) in [6.07, 6.45) is -1.10. The van der Waals surface area contributed by atoms with E-state index in [0.717, 1.165) is 0 Å². The molecular formula is C17H14Cl2N2O5. The van der Waals surface area contributed by atoms with Crippen molar-refractivity contribution in [3.8, 4) is 0 Å². The first kappa shape index (κ1) is 19.7. The first-order valence-electron chi connectivity index (χ1n) is 7.45. The van der Waals surface area contributed by atoms with Gasteiger partial charge in [-0.15, -0.1) is 0 Å². The molecule has 0 radical (unpaired) electrons. The summed E-state index contributed by atoms with van der Waals surface area (Å²) in [5, 5.41) is 13.8. The zero-order valence-corrected chi connectivity index (χ0v) is 15.1. The Kier molecular flexibility index (Phi) is 6.54. The second-order valence-electron chi connectivity index (χ2n) is 5.35. The first-order chi connectivity index (χ1) is 12.3. The van der Waals surface area contributed by atoms with Gasteiger partial charge in [0.25, 0.3) is 11.6 Å². The molecular weight excluding hydrogens is 383 g/mol. The second-order valence-corrected chi connectivity index (χ2v) is 6.16. The number of anilines is 1. The average Bonchev–Trinajstić information content (AvgIpc) is 2.58. The molecule has 0 spiro atoms. The molecule has 0 fully saturated rings. The normalized spacial score (nSPS) is 11.5. The predicted molar refractivity (Wildman–Crippen MR) is 97.4 cm³/mol. The summed E-state index contributed by atoms with van der Waals surface area (Å²) < 4.78 is 5.09. The minimum atomic E-state index is -1.04. The predicted octanol–water partition coefficient (Wildman–Crippen LogP) is 4.01. The third-order valence-corrected chi connectivity index (χ3v) is 4.09. The number of carbonyl (C=O) groups excluding carboxylic acids is 2. The zero-order valence-electron chi connectivity index (χ0n) is 13.6. The van der Waals surface area contributed by atoms with Gasteiger partial charge in [0, 0.05) is 17.8 Å². The third kappa shape index (κ3) is 5.44. The van der Waals surface area contributed by atoms with Crippen LogP contribution in [0.2, 0.25) is 10.0 Å². The number of halogens is 2. The van der Waals surface area contributed by atoms with Gasteiger partial charge in [-0.1, -0.05) is 29.3 Å². The highest BCUT2D eigenvalue weighted by molar-refractivity contribution is 6.42. The van der Waals surface area contributed by atoms with Crippen LogP contribution in [0, 0.1) is 10.1 Å². The number of non-ortho nitro benzene ring substituents is 1. The molecule has 7 nitrogen and oxygen atoms in total. The van der Waals surface area contributed by atoms with Gasteiger partial charge in [0.15, 0.2) is 6.10 Å². The van der Waals surface area contributed by atoms with E-state index in [9.17, 15) is 19.7 Å². The lowest BCUT2D eigenvalue weighted by atomic mass is 10.1. The summed E-state index contributed by atoms with van der Waals surface area (Å²) in [7, 11) is 0. The smallest absolute Gasteiger partial charge is 0.311 e. The number of nitrogens with zero attached hydrogens (tertiary/aromatic N) is 1. The number of esters is 1. The quantitative estimate of drug-likeness (QED) is 0.451. The Labute approximate surface area is 159 Å². The maximum Gasteiger partial charge on any atom is 0.311 e. The van der Waals surface area contributed by atoms with Crippen LogP contribution < -0.4 is 5.32 Å².